The topological polar surface area (TPSA) is 36.7 Å². The molecular formula is C7H4F2N2. The van der Waals surface area contributed by atoms with Crippen LogP contribution >= 0.6 is 0 Å². The molecule has 1 rings (SSSR count). The van der Waals surface area contributed by atoms with Crippen LogP contribution in [0.15, 0.2) is 18.3 Å². The molecule has 56 valence electrons. The molecule has 0 radical (unpaired) electrons. The highest BCUT2D eigenvalue weighted by Gasteiger charge is 2.11. The standard InChI is InChI=1S/C7H4F2N2/c8-7(9)5-2-1-3-11-6(5)4-10/h1-3,7H. The summed E-state index contributed by atoms with van der Waals surface area (Å²) in [5, 5.41) is 8.32. The molecule has 0 aromatic carbocycles. The molecule has 0 unspecified atom stereocenters. The molecule has 0 fully saturated rings. The summed E-state index contributed by atoms with van der Waals surface area (Å²) in [6.07, 6.45) is -1.32. The maximum atomic E-state index is 12.0. The highest BCUT2D eigenvalue weighted by atomic mass is 19.3. The zero-order chi connectivity index (χ0) is 8.27. The number of nitrogens with zero attached hydrogens (tertiary/aromatic N) is 2. The van der Waals surface area contributed by atoms with Crippen molar-refractivity contribution in [1.82, 2.24) is 4.98 Å². The van der Waals surface area contributed by atoms with E-state index in [2.05, 4.69) is 4.98 Å². The predicted octanol–water partition coefficient (Wildman–Crippen LogP) is 1.89. The fraction of sp³-hybridized carbons (Fsp3) is 0.143. The summed E-state index contributed by atoms with van der Waals surface area (Å²) < 4.78 is 24.0. The van der Waals surface area contributed by atoms with Crippen molar-refractivity contribution < 1.29 is 8.78 Å². The lowest BCUT2D eigenvalue weighted by atomic mass is 10.2. The molecule has 4 heteroatoms. The van der Waals surface area contributed by atoms with E-state index in [4.69, 9.17) is 5.26 Å². The van der Waals surface area contributed by atoms with Crippen molar-refractivity contribution in [3.05, 3.63) is 29.6 Å². The third-order valence-electron chi connectivity index (χ3n) is 1.18. The number of aromatic nitrogens is 1. The summed E-state index contributed by atoms with van der Waals surface area (Å²) >= 11 is 0. The van der Waals surface area contributed by atoms with Gasteiger partial charge in [-0.15, -0.1) is 0 Å². The summed E-state index contributed by atoms with van der Waals surface area (Å²) in [5.41, 5.74) is -0.516. The lowest BCUT2D eigenvalue weighted by Crippen LogP contribution is -1.92. The van der Waals surface area contributed by atoms with E-state index in [9.17, 15) is 8.78 Å². The number of hydrogen-bond acceptors (Lipinski definition) is 2. The van der Waals surface area contributed by atoms with Crippen LogP contribution in [-0.2, 0) is 0 Å². The minimum atomic E-state index is -2.63. The van der Waals surface area contributed by atoms with E-state index < -0.39 is 6.43 Å². The monoisotopic (exact) mass is 154 g/mol. The third-order valence-corrected chi connectivity index (χ3v) is 1.18. The van der Waals surface area contributed by atoms with Gasteiger partial charge in [0.1, 0.15) is 11.8 Å². The van der Waals surface area contributed by atoms with Crippen LogP contribution in [0.25, 0.3) is 0 Å². The van der Waals surface area contributed by atoms with Gasteiger partial charge in [0.15, 0.2) is 0 Å². The van der Waals surface area contributed by atoms with E-state index in [1.54, 1.807) is 6.07 Å². The Labute approximate surface area is 62.1 Å². The molecule has 0 N–H and O–H groups in total. The average Bonchev–Trinajstić information content (AvgIpc) is 2.04. The first-order valence-corrected chi connectivity index (χ1v) is 2.89. The van der Waals surface area contributed by atoms with Gasteiger partial charge < -0.3 is 0 Å². The van der Waals surface area contributed by atoms with Crippen molar-refractivity contribution in [2.24, 2.45) is 0 Å². The maximum Gasteiger partial charge on any atom is 0.266 e. The Hall–Kier alpha value is -1.50. The predicted molar refractivity (Wildman–Crippen MR) is 33.9 cm³/mol. The van der Waals surface area contributed by atoms with Crippen LogP contribution < -0.4 is 0 Å². The fourth-order valence-electron chi connectivity index (χ4n) is 0.687. The number of halogens is 2. The molecule has 0 aliphatic carbocycles. The van der Waals surface area contributed by atoms with Crippen LogP contribution in [-0.4, -0.2) is 4.98 Å². The van der Waals surface area contributed by atoms with Crippen molar-refractivity contribution in [3.8, 4) is 6.07 Å². The van der Waals surface area contributed by atoms with Gasteiger partial charge in [-0.2, -0.15) is 5.26 Å². The lowest BCUT2D eigenvalue weighted by Gasteiger charge is -1.98. The summed E-state index contributed by atoms with van der Waals surface area (Å²) in [4.78, 5) is 3.48. The number of alkyl halides is 2. The van der Waals surface area contributed by atoms with Gasteiger partial charge in [-0.05, 0) is 12.1 Å². The zero-order valence-electron chi connectivity index (χ0n) is 5.46. The molecule has 1 aromatic heterocycles. The van der Waals surface area contributed by atoms with Gasteiger partial charge in [-0.1, -0.05) is 0 Å². The minimum Gasteiger partial charge on any atom is -0.245 e. The summed E-state index contributed by atoms with van der Waals surface area (Å²) in [6, 6.07) is 4.15. The van der Waals surface area contributed by atoms with Crippen LogP contribution in [0.4, 0.5) is 8.78 Å². The van der Waals surface area contributed by atoms with E-state index in [0.29, 0.717) is 0 Å². The largest absolute Gasteiger partial charge is 0.266 e. The average molecular weight is 154 g/mol. The second-order valence-electron chi connectivity index (χ2n) is 1.85. The van der Waals surface area contributed by atoms with Gasteiger partial charge in [0.2, 0.25) is 0 Å². The van der Waals surface area contributed by atoms with E-state index in [-0.39, 0.29) is 11.3 Å². The molecule has 2 nitrogen and oxygen atoms in total. The Balaban J connectivity index is 3.15. The van der Waals surface area contributed by atoms with Crippen molar-refractivity contribution in [2.45, 2.75) is 6.43 Å². The van der Waals surface area contributed by atoms with Crippen LogP contribution in [0.1, 0.15) is 17.7 Å². The number of rotatable bonds is 1. The molecule has 0 saturated heterocycles. The van der Waals surface area contributed by atoms with Gasteiger partial charge in [0.25, 0.3) is 6.43 Å². The molecule has 1 heterocycles. The first-order chi connectivity index (χ1) is 5.25. The third kappa shape index (κ3) is 1.49. The highest BCUT2D eigenvalue weighted by Crippen LogP contribution is 2.19. The normalized spacial score (nSPS) is 9.64. The van der Waals surface area contributed by atoms with Gasteiger partial charge in [-0.25, -0.2) is 13.8 Å². The van der Waals surface area contributed by atoms with Gasteiger partial charge >= 0.3 is 0 Å². The molecule has 0 amide bonds. The van der Waals surface area contributed by atoms with Crippen LogP contribution in [0.3, 0.4) is 0 Å². The van der Waals surface area contributed by atoms with E-state index >= 15 is 0 Å². The Kier molecular flexibility index (Phi) is 2.12. The zero-order valence-corrected chi connectivity index (χ0v) is 5.46. The molecule has 0 aliphatic heterocycles. The van der Waals surface area contributed by atoms with E-state index in [0.717, 1.165) is 0 Å². The Morgan fingerprint density at radius 1 is 1.55 bits per heavy atom. The van der Waals surface area contributed by atoms with Gasteiger partial charge in [-0.3, -0.25) is 0 Å². The van der Waals surface area contributed by atoms with Crippen molar-refractivity contribution in [3.63, 3.8) is 0 Å². The van der Waals surface area contributed by atoms with Crippen molar-refractivity contribution >= 4 is 0 Å². The molecule has 0 aliphatic rings. The second kappa shape index (κ2) is 3.06. The first kappa shape index (κ1) is 7.61. The van der Waals surface area contributed by atoms with E-state index in [1.807, 2.05) is 0 Å². The summed E-state index contributed by atoms with van der Waals surface area (Å²) in [7, 11) is 0. The van der Waals surface area contributed by atoms with Gasteiger partial charge in [0.05, 0.1) is 5.56 Å². The van der Waals surface area contributed by atoms with Crippen LogP contribution in [0, 0.1) is 11.3 Å². The fourth-order valence-corrected chi connectivity index (χ4v) is 0.687. The highest BCUT2D eigenvalue weighted by molar-refractivity contribution is 5.31. The molecule has 0 bridgehead atoms. The molecule has 0 atom stereocenters. The Bertz CT molecular complexity index is 291. The molecule has 0 saturated carbocycles. The smallest absolute Gasteiger partial charge is 0.245 e. The minimum absolute atomic E-state index is 0.206. The maximum absolute atomic E-state index is 12.0. The first-order valence-electron chi connectivity index (χ1n) is 2.89. The molecular weight excluding hydrogens is 150 g/mol. The Morgan fingerprint density at radius 2 is 2.27 bits per heavy atom. The second-order valence-corrected chi connectivity index (χ2v) is 1.85. The Morgan fingerprint density at radius 3 is 2.73 bits per heavy atom. The van der Waals surface area contributed by atoms with Gasteiger partial charge in [0, 0.05) is 6.20 Å². The van der Waals surface area contributed by atoms with Crippen LogP contribution in [0.2, 0.25) is 0 Å². The SMILES string of the molecule is N#Cc1ncccc1C(F)F. The molecule has 1 aromatic rings. The number of pyridine rings is 1. The van der Waals surface area contributed by atoms with Crippen molar-refractivity contribution in [2.75, 3.05) is 0 Å². The molecule has 11 heavy (non-hydrogen) atoms. The summed E-state index contributed by atoms with van der Waals surface area (Å²) in [6.45, 7) is 0. The summed E-state index contributed by atoms with van der Waals surface area (Å²) in [5.74, 6) is 0. The molecule has 0 spiro atoms. The van der Waals surface area contributed by atoms with Crippen LogP contribution in [0.5, 0.6) is 0 Å². The quantitative estimate of drug-likeness (QED) is 0.619. The van der Waals surface area contributed by atoms with Crippen molar-refractivity contribution in [1.29, 1.82) is 5.26 Å². The number of nitriles is 1. The lowest BCUT2D eigenvalue weighted by molar-refractivity contribution is 0.150. The number of hydrogen-bond donors (Lipinski definition) is 0. The van der Waals surface area contributed by atoms with E-state index in [1.165, 1.54) is 18.3 Å².